The van der Waals surface area contributed by atoms with Crippen LogP contribution in [0.3, 0.4) is 0 Å². The molecule has 1 aromatic heterocycles. The normalized spacial score (nSPS) is 18.8. The summed E-state index contributed by atoms with van der Waals surface area (Å²) < 4.78 is 19.1. The van der Waals surface area contributed by atoms with Crippen molar-refractivity contribution in [3.8, 4) is 16.9 Å². The molecular weight excluding hydrogens is 377 g/mol. The number of nitrogens with zero attached hydrogens (tertiary/aromatic N) is 3. The summed E-state index contributed by atoms with van der Waals surface area (Å²) in [5, 5.41) is 0. The molecule has 3 heterocycles. The highest BCUT2D eigenvalue weighted by Gasteiger charge is 2.26. The van der Waals surface area contributed by atoms with Crippen LogP contribution in [0.1, 0.15) is 41.4 Å². The van der Waals surface area contributed by atoms with E-state index in [1.165, 1.54) is 23.3 Å². The van der Waals surface area contributed by atoms with Gasteiger partial charge in [0, 0.05) is 37.2 Å². The average molecular weight is 404 g/mol. The number of benzene rings is 2. The Morgan fingerprint density at radius 3 is 2.90 bits per heavy atom. The van der Waals surface area contributed by atoms with Gasteiger partial charge in [-0.15, -0.1) is 0 Å². The van der Waals surface area contributed by atoms with Crippen LogP contribution in [0.4, 0.5) is 4.39 Å². The summed E-state index contributed by atoms with van der Waals surface area (Å²) in [4.78, 5) is 11.8. The predicted octanol–water partition coefficient (Wildman–Crippen LogP) is 4.91. The second kappa shape index (κ2) is 8.15. The summed E-state index contributed by atoms with van der Waals surface area (Å²) in [6.45, 7) is 5.74. The van der Waals surface area contributed by atoms with E-state index in [2.05, 4.69) is 28.1 Å². The fourth-order valence-electron chi connectivity index (χ4n) is 4.67. The molecule has 1 saturated heterocycles. The van der Waals surface area contributed by atoms with Crippen LogP contribution in [-0.4, -0.2) is 34.6 Å². The third kappa shape index (κ3) is 3.94. The molecule has 30 heavy (non-hydrogen) atoms. The zero-order valence-electron chi connectivity index (χ0n) is 17.3. The van der Waals surface area contributed by atoms with E-state index in [0.717, 1.165) is 73.9 Å². The van der Waals surface area contributed by atoms with Crippen molar-refractivity contribution in [3.63, 3.8) is 0 Å². The number of halogens is 1. The van der Waals surface area contributed by atoms with Crippen LogP contribution in [0.2, 0.25) is 0 Å². The van der Waals surface area contributed by atoms with Gasteiger partial charge in [-0.05, 0) is 61.2 Å². The molecule has 3 aromatic rings. The van der Waals surface area contributed by atoms with Gasteiger partial charge in [-0.1, -0.05) is 24.3 Å². The van der Waals surface area contributed by atoms with Gasteiger partial charge >= 0.3 is 0 Å². The molecule has 4 nitrogen and oxygen atoms in total. The topological polar surface area (TPSA) is 38.2 Å². The lowest BCUT2D eigenvalue weighted by atomic mass is 9.89. The van der Waals surface area contributed by atoms with Gasteiger partial charge in [0.05, 0.1) is 12.3 Å². The molecule has 0 amide bonds. The Morgan fingerprint density at radius 1 is 1.17 bits per heavy atom. The van der Waals surface area contributed by atoms with E-state index in [4.69, 9.17) is 9.72 Å². The Labute approximate surface area is 176 Å². The summed E-state index contributed by atoms with van der Waals surface area (Å²) in [5.74, 6) is 1.94. The van der Waals surface area contributed by atoms with Crippen LogP contribution in [0.15, 0.2) is 48.7 Å². The van der Waals surface area contributed by atoms with Gasteiger partial charge in [-0.25, -0.2) is 14.4 Å². The number of fused-ring (bicyclic) bond motifs is 1. The maximum Gasteiger partial charge on any atom is 0.125 e. The van der Waals surface area contributed by atoms with Crippen molar-refractivity contribution >= 4 is 0 Å². The quantitative estimate of drug-likeness (QED) is 0.621. The second-order valence-electron chi connectivity index (χ2n) is 8.34. The fraction of sp³-hybridized carbons (Fsp3) is 0.360. The summed E-state index contributed by atoms with van der Waals surface area (Å²) in [7, 11) is 0. The van der Waals surface area contributed by atoms with Crippen LogP contribution in [-0.2, 0) is 13.0 Å². The Balaban J connectivity index is 1.38. The number of aromatic nitrogens is 2. The van der Waals surface area contributed by atoms with E-state index in [1.54, 1.807) is 0 Å². The minimum absolute atomic E-state index is 0.225. The number of rotatable bonds is 4. The molecule has 5 rings (SSSR count). The largest absolute Gasteiger partial charge is 0.493 e. The van der Waals surface area contributed by atoms with E-state index in [1.807, 2.05) is 25.3 Å². The summed E-state index contributed by atoms with van der Waals surface area (Å²) in [5.41, 5.74) is 5.74. The van der Waals surface area contributed by atoms with E-state index in [-0.39, 0.29) is 5.82 Å². The van der Waals surface area contributed by atoms with Gasteiger partial charge in [-0.2, -0.15) is 0 Å². The van der Waals surface area contributed by atoms with Gasteiger partial charge in [0.25, 0.3) is 0 Å². The zero-order valence-corrected chi connectivity index (χ0v) is 17.3. The minimum Gasteiger partial charge on any atom is -0.493 e. The van der Waals surface area contributed by atoms with Crippen LogP contribution in [0.5, 0.6) is 5.75 Å². The molecule has 154 valence electrons. The molecule has 0 radical (unpaired) electrons. The van der Waals surface area contributed by atoms with Gasteiger partial charge in [-0.3, -0.25) is 4.90 Å². The number of hydrogen-bond donors (Lipinski definition) is 0. The molecule has 5 heteroatoms. The SMILES string of the molecule is Cc1ncc(-c2ccc(F)cc2)c(C2CCCN(Cc3ccc4c(c3)CCO4)C2)n1. The maximum absolute atomic E-state index is 13.4. The minimum atomic E-state index is -0.225. The lowest BCUT2D eigenvalue weighted by Crippen LogP contribution is -2.34. The molecule has 1 atom stereocenters. The van der Waals surface area contributed by atoms with Crippen molar-refractivity contribution in [2.45, 2.75) is 38.6 Å². The van der Waals surface area contributed by atoms with E-state index in [9.17, 15) is 4.39 Å². The molecule has 0 saturated carbocycles. The third-order valence-electron chi connectivity index (χ3n) is 6.15. The van der Waals surface area contributed by atoms with Crippen LogP contribution >= 0.6 is 0 Å². The molecule has 2 aliphatic rings. The average Bonchev–Trinajstić information content (AvgIpc) is 3.23. The van der Waals surface area contributed by atoms with Gasteiger partial charge < -0.3 is 4.74 Å². The first kappa shape index (κ1) is 19.2. The number of piperidine rings is 1. The van der Waals surface area contributed by atoms with Crippen LogP contribution in [0.25, 0.3) is 11.1 Å². The highest BCUT2D eigenvalue weighted by molar-refractivity contribution is 5.65. The van der Waals surface area contributed by atoms with Crippen LogP contribution < -0.4 is 4.74 Å². The molecule has 1 fully saturated rings. The Bertz CT molecular complexity index is 1050. The van der Waals surface area contributed by atoms with Crippen molar-refractivity contribution in [2.24, 2.45) is 0 Å². The van der Waals surface area contributed by atoms with Crippen molar-refractivity contribution in [1.29, 1.82) is 0 Å². The van der Waals surface area contributed by atoms with E-state index >= 15 is 0 Å². The zero-order chi connectivity index (χ0) is 20.5. The fourth-order valence-corrected chi connectivity index (χ4v) is 4.67. The highest BCUT2D eigenvalue weighted by atomic mass is 19.1. The number of aryl methyl sites for hydroxylation is 1. The Kier molecular flexibility index (Phi) is 5.21. The van der Waals surface area contributed by atoms with Crippen molar-refractivity contribution in [1.82, 2.24) is 14.9 Å². The lowest BCUT2D eigenvalue weighted by molar-refractivity contribution is 0.198. The third-order valence-corrected chi connectivity index (χ3v) is 6.15. The Hall–Kier alpha value is -2.79. The molecule has 0 spiro atoms. The first-order chi connectivity index (χ1) is 14.7. The highest BCUT2D eigenvalue weighted by Crippen LogP contribution is 2.34. The second-order valence-corrected chi connectivity index (χ2v) is 8.34. The van der Waals surface area contributed by atoms with Crippen molar-refractivity contribution in [3.05, 3.63) is 77.1 Å². The lowest BCUT2D eigenvalue weighted by Gasteiger charge is -2.33. The smallest absolute Gasteiger partial charge is 0.125 e. The van der Waals surface area contributed by atoms with Crippen molar-refractivity contribution < 1.29 is 9.13 Å². The molecule has 2 aromatic carbocycles. The van der Waals surface area contributed by atoms with Crippen LogP contribution in [0, 0.1) is 12.7 Å². The molecule has 1 unspecified atom stereocenters. The van der Waals surface area contributed by atoms with Gasteiger partial charge in [0.2, 0.25) is 0 Å². The first-order valence-electron chi connectivity index (χ1n) is 10.7. The molecule has 2 aliphatic heterocycles. The molecular formula is C25H26FN3O. The standard InChI is InChI=1S/C25H26FN3O/c1-17-27-14-23(19-5-7-22(26)8-6-19)25(28-17)21-3-2-11-29(16-21)15-18-4-9-24-20(13-18)10-12-30-24/h4-9,13-14,21H,2-3,10-12,15-16H2,1H3. The van der Waals surface area contributed by atoms with Gasteiger partial charge in [0.1, 0.15) is 17.4 Å². The predicted molar refractivity (Wildman–Crippen MR) is 115 cm³/mol. The molecule has 0 N–H and O–H groups in total. The number of hydrogen-bond acceptors (Lipinski definition) is 4. The maximum atomic E-state index is 13.4. The van der Waals surface area contributed by atoms with Gasteiger partial charge in [0.15, 0.2) is 0 Å². The monoisotopic (exact) mass is 403 g/mol. The molecule has 0 bridgehead atoms. The summed E-state index contributed by atoms with van der Waals surface area (Å²) in [6.07, 6.45) is 5.15. The van der Waals surface area contributed by atoms with Crippen molar-refractivity contribution in [2.75, 3.05) is 19.7 Å². The molecule has 0 aliphatic carbocycles. The first-order valence-corrected chi connectivity index (χ1v) is 10.7. The number of likely N-dealkylation sites (tertiary alicyclic amines) is 1. The summed E-state index contributed by atoms with van der Waals surface area (Å²) >= 11 is 0. The summed E-state index contributed by atoms with van der Waals surface area (Å²) in [6, 6.07) is 13.2. The van der Waals surface area contributed by atoms with E-state index < -0.39 is 0 Å². The van der Waals surface area contributed by atoms with E-state index in [0.29, 0.717) is 5.92 Å². The number of ether oxygens (including phenoxy) is 1. The Morgan fingerprint density at radius 2 is 2.03 bits per heavy atom.